The van der Waals surface area contributed by atoms with Crippen molar-refractivity contribution < 1.29 is 9.59 Å². The van der Waals surface area contributed by atoms with Crippen molar-refractivity contribution in [3.8, 4) is 0 Å². The van der Waals surface area contributed by atoms with Gasteiger partial charge in [-0.25, -0.2) is 5.01 Å². The fourth-order valence-electron chi connectivity index (χ4n) is 3.97. The van der Waals surface area contributed by atoms with Crippen LogP contribution < -0.4 is 5.32 Å². The lowest BCUT2D eigenvalue weighted by Crippen LogP contribution is -2.52. The Morgan fingerprint density at radius 2 is 1.74 bits per heavy atom. The van der Waals surface area contributed by atoms with Crippen molar-refractivity contribution in [1.82, 2.24) is 20.1 Å². The molecule has 0 spiro atoms. The van der Waals surface area contributed by atoms with Crippen LogP contribution in [-0.4, -0.2) is 77.6 Å². The number of carbonyl (C=O) groups is 2. The summed E-state index contributed by atoms with van der Waals surface area (Å²) in [5, 5.41) is 13.5. The number of hydrazone groups is 1. The maximum atomic E-state index is 13.2. The van der Waals surface area contributed by atoms with Gasteiger partial charge >= 0.3 is 0 Å². The Balaban J connectivity index is 1.35. The molecule has 31 heavy (non-hydrogen) atoms. The number of hydrogen-bond donors (Lipinski definition) is 1. The van der Waals surface area contributed by atoms with Gasteiger partial charge in [-0.3, -0.25) is 19.4 Å². The number of rotatable bonds is 7. The number of hydrogen-bond acceptors (Lipinski definition) is 7. The van der Waals surface area contributed by atoms with Crippen LogP contribution >= 0.6 is 22.7 Å². The van der Waals surface area contributed by atoms with Gasteiger partial charge in [-0.1, -0.05) is 12.1 Å². The van der Waals surface area contributed by atoms with Crippen LogP contribution in [-0.2, 0) is 9.59 Å². The second kappa shape index (κ2) is 10.0. The molecular formula is C22H29N5O2S2. The van der Waals surface area contributed by atoms with Gasteiger partial charge in [0, 0.05) is 43.5 Å². The molecule has 2 amide bonds. The SMILES string of the molecule is CC(C)NC(=O)CN1CCN(CC(=O)N2N=C(c3cccs3)CC2c2cccs2)CC1. The largest absolute Gasteiger partial charge is 0.353 e. The Kier molecular flexibility index (Phi) is 7.16. The van der Waals surface area contributed by atoms with Crippen molar-refractivity contribution in [1.29, 1.82) is 0 Å². The third-order valence-corrected chi connectivity index (χ3v) is 7.38. The molecule has 2 aromatic rings. The first-order chi connectivity index (χ1) is 15.0. The van der Waals surface area contributed by atoms with Gasteiger partial charge in [0.25, 0.3) is 5.91 Å². The monoisotopic (exact) mass is 459 g/mol. The topological polar surface area (TPSA) is 68.2 Å². The Bertz CT molecular complexity index is 902. The van der Waals surface area contributed by atoms with E-state index in [1.807, 2.05) is 31.4 Å². The Hall–Kier alpha value is -2.07. The van der Waals surface area contributed by atoms with E-state index in [4.69, 9.17) is 5.10 Å². The van der Waals surface area contributed by atoms with Gasteiger partial charge in [0.05, 0.1) is 29.7 Å². The molecule has 4 rings (SSSR count). The molecule has 1 saturated heterocycles. The average Bonchev–Trinajstić information content (AvgIpc) is 3.48. The van der Waals surface area contributed by atoms with Crippen LogP contribution in [0.5, 0.6) is 0 Å². The van der Waals surface area contributed by atoms with E-state index < -0.39 is 0 Å². The molecule has 2 aliphatic heterocycles. The number of thiophene rings is 2. The van der Waals surface area contributed by atoms with E-state index in [1.54, 1.807) is 27.7 Å². The van der Waals surface area contributed by atoms with E-state index in [-0.39, 0.29) is 23.9 Å². The van der Waals surface area contributed by atoms with E-state index in [9.17, 15) is 9.59 Å². The van der Waals surface area contributed by atoms with Crippen molar-refractivity contribution in [3.63, 3.8) is 0 Å². The van der Waals surface area contributed by atoms with E-state index in [2.05, 4.69) is 32.6 Å². The lowest BCUT2D eigenvalue weighted by Gasteiger charge is -2.34. The molecule has 0 aliphatic carbocycles. The molecule has 4 heterocycles. The van der Waals surface area contributed by atoms with Gasteiger partial charge in [-0.15, -0.1) is 22.7 Å². The van der Waals surface area contributed by atoms with Crippen LogP contribution in [0.25, 0.3) is 0 Å². The maximum absolute atomic E-state index is 13.2. The van der Waals surface area contributed by atoms with Crippen molar-refractivity contribution in [2.45, 2.75) is 32.4 Å². The maximum Gasteiger partial charge on any atom is 0.257 e. The lowest BCUT2D eigenvalue weighted by molar-refractivity contribution is -0.135. The third kappa shape index (κ3) is 5.60. The summed E-state index contributed by atoms with van der Waals surface area (Å²) >= 11 is 3.34. The minimum atomic E-state index is -0.0226. The summed E-state index contributed by atoms with van der Waals surface area (Å²) in [5.41, 5.74) is 0.989. The minimum absolute atomic E-state index is 0.0226. The van der Waals surface area contributed by atoms with Crippen LogP contribution in [0, 0.1) is 0 Å². The van der Waals surface area contributed by atoms with E-state index in [0.717, 1.165) is 43.2 Å². The first-order valence-corrected chi connectivity index (χ1v) is 12.5. The normalized spacial score (nSPS) is 20.3. The first-order valence-electron chi connectivity index (χ1n) is 10.7. The summed E-state index contributed by atoms with van der Waals surface area (Å²) in [6.45, 7) is 7.84. The second-order valence-corrected chi connectivity index (χ2v) is 10.2. The number of nitrogens with zero attached hydrogens (tertiary/aromatic N) is 4. The Labute approximate surface area is 191 Å². The number of amides is 2. The number of piperazine rings is 1. The molecule has 0 bridgehead atoms. The summed E-state index contributed by atoms with van der Waals surface area (Å²) in [5.74, 6) is 0.0989. The van der Waals surface area contributed by atoms with Gasteiger partial charge in [0.15, 0.2) is 0 Å². The van der Waals surface area contributed by atoms with Crippen molar-refractivity contribution >= 4 is 40.2 Å². The second-order valence-electron chi connectivity index (χ2n) is 8.27. The summed E-state index contributed by atoms with van der Waals surface area (Å²) in [6, 6.07) is 8.34. The predicted octanol–water partition coefficient (Wildman–Crippen LogP) is 2.63. The zero-order valence-electron chi connectivity index (χ0n) is 18.0. The number of carbonyl (C=O) groups excluding carboxylic acids is 2. The van der Waals surface area contributed by atoms with Gasteiger partial charge in [-0.2, -0.15) is 5.10 Å². The molecular weight excluding hydrogens is 430 g/mol. The van der Waals surface area contributed by atoms with Crippen LogP contribution in [0.2, 0.25) is 0 Å². The summed E-state index contributed by atoms with van der Waals surface area (Å²) in [7, 11) is 0. The highest BCUT2D eigenvalue weighted by molar-refractivity contribution is 7.12. The van der Waals surface area contributed by atoms with Crippen LogP contribution in [0.3, 0.4) is 0 Å². The van der Waals surface area contributed by atoms with Crippen LogP contribution in [0.15, 0.2) is 40.1 Å². The fourth-order valence-corrected chi connectivity index (χ4v) is 5.51. The lowest BCUT2D eigenvalue weighted by atomic mass is 10.1. The minimum Gasteiger partial charge on any atom is -0.353 e. The smallest absolute Gasteiger partial charge is 0.257 e. The molecule has 0 radical (unpaired) electrons. The molecule has 1 unspecified atom stereocenters. The third-order valence-electron chi connectivity index (χ3n) is 5.48. The molecule has 7 nitrogen and oxygen atoms in total. The quantitative estimate of drug-likeness (QED) is 0.691. The predicted molar refractivity (Wildman–Crippen MR) is 126 cm³/mol. The molecule has 0 aromatic carbocycles. The van der Waals surface area contributed by atoms with Gasteiger partial charge in [0.1, 0.15) is 0 Å². The van der Waals surface area contributed by atoms with Gasteiger partial charge in [0.2, 0.25) is 5.91 Å². The Morgan fingerprint density at radius 3 is 2.35 bits per heavy atom. The molecule has 2 aromatic heterocycles. The summed E-state index contributed by atoms with van der Waals surface area (Å²) in [6.07, 6.45) is 0.755. The zero-order chi connectivity index (χ0) is 21.8. The van der Waals surface area contributed by atoms with Gasteiger partial charge in [-0.05, 0) is 36.7 Å². The highest BCUT2D eigenvalue weighted by Crippen LogP contribution is 2.36. The van der Waals surface area contributed by atoms with E-state index in [0.29, 0.717) is 13.1 Å². The molecule has 1 N–H and O–H groups in total. The van der Waals surface area contributed by atoms with E-state index in [1.165, 1.54) is 4.88 Å². The summed E-state index contributed by atoms with van der Waals surface area (Å²) < 4.78 is 0. The average molecular weight is 460 g/mol. The van der Waals surface area contributed by atoms with Crippen molar-refractivity contribution in [2.75, 3.05) is 39.3 Å². The standard InChI is InChI=1S/C22H29N5O2S2/c1-16(2)23-21(28)14-25-7-9-26(10-8-25)15-22(29)27-18(20-6-4-12-31-20)13-17(24-27)19-5-3-11-30-19/h3-6,11-12,16,18H,7-10,13-15H2,1-2H3,(H,23,28). The van der Waals surface area contributed by atoms with Crippen LogP contribution in [0.1, 0.15) is 36.1 Å². The Morgan fingerprint density at radius 1 is 1.06 bits per heavy atom. The molecule has 1 fully saturated rings. The molecule has 0 saturated carbocycles. The van der Waals surface area contributed by atoms with Gasteiger partial charge < -0.3 is 5.32 Å². The molecule has 166 valence electrons. The zero-order valence-corrected chi connectivity index (χ0v) is 19.6. The van der Waals surface area contributed by atoms with Crippen LogP contribution in [0.4, 0.5) is 0 Å². The highest BCUT2D eigenvalue weighted by Gasteiger charge is 2.35. The van der Waals surface area contributed by atoms with E-state index >= 15 is 0 Å². The molecule has 9 heteroatoms. The molecule has 1 atom stereocenters. The first kappa shape index (κ1) is 22.1. The number of nitrogens with one attached hydrogen (secondary N) is 1. The molecule has 2 aliphatic rings. The van der Waals surface area contributed by atoms with Crippen molar-refractivity contribution in [3.05, 3.63) is 44.8 Å². The van der Waals surface area contributed by atoms with Crippen molar-refractivity contribution in [2.24, 2.45) is 5.10 Å². The summed E-state index contributed by atoms with van der Waals surface area (Å²) in [4.78, 5) is 31.8. The highest BCUT2D eigenvalue weighted by atomic mass is 32.1. The fraction of sp³-hybridized carbons (Fsp3) is 0.500.